The Kier molecular flexibility index (Phi) is 4.42. The summed E-state index contributed by atoms with van der Waals surface area (Å²) in [4.78, 5) is 23.6. The zero-order valence-electron chi connectivity index (χ0n) is 12.2. The Balaban J connectivity index is 2.47. The van der Waals surface area contributed by atoms with E-state index >= 15 is 0 Å². The normalized spacial score (nSPS) is 18.1. The van der Waals surface area contributed by atoms with Gasteiger partial charge in [-0.3, -0.25) is 0 Å². The maximum atomic E-state index is 11.8. The zero-order valence-corrected chi connectivity index (χ0v) is 12.2. The molecule has 0 saturated carbocycles. The van der Waals surface area contributed by atoms with Crippen molar-refractivity contribution in [1.29, 1.82) is 0 Å². The lowest BCUT2D eigenvalue weighted by molar-refractivity contribution is -0.144. The Hall–Kier alpha value is -1.84. The van der Waals surface area contributed by atoms with E-state index in [9.17, 15) is 9.59 Å². The molecule has 0 fully saturated rings. The molecule has 0 spiro atoms. The fourth-order valence-corrected chi connectivity index (χ4v) is 2.94. The number of hydrogen-bond donors (Lipinski definition) is 0. The van der Waals surface area contributed by atoms with Gasteiger partial charge in [0, 0.05) is 0 Å². The van der Waals surface area contributed by atoms with Crippen LogP contribution in [0.5, 0.6) is 0 Å². The minimum atomic E-state index is -0.622. The van der Waals surface area contributed by atoms with Crippen molar-refractivity contribution in [2.75, 3.05) is 14.2 Å². The van der Waals surface area contributed by atoms with Crippen molar-refractivity contribution in [3.63, 3.8) is 0 Å². The fraction of sp³-hybridized carbons (Fsp3) is 0.500. The average Bonchev–Trinajstić information content (AvgIpc) is 2.47. The average molecular weight is 276 g/mol. The van der Waals surface area contributed by atoms with E-state index in [1.165, 1.54) is 30.9 Å². The largest absolute Gasteiger partial charge is 0.465 e. The van der Waals surface area contributed by atoms with Gasteiger partial charge in [0.05, 0.1) is 14.2 Å². The molecule has 0 radical (unpaired) electrons. The van der Waals surface area contributed by atoms with Gasteiger partial charge in [0.1, 0.15) is 5.57 Å². The number of hydrogen-bond acceptors (Lipinski definition) is 4. The molecule has 0 saturated heterocycles. The molecule has 4 nitrogen and oxygen atoms in total. The van der Waals surface area contributed by atoms with Crippen LogP contribution in [0.3, 0.4) is 0 Å². The van der Waals surface area contributed by atoms with Crippen molar-refractivity contribution < 1.29 is 19.1 Å². The first-order valence-corrected chi connectivity index (χ1v) is 6.87. The van der Waals surface area contributed by atoms with Crippen molar-refractivity contribution in [2.45, 2.75) is 39.0 Å². The molecule has 20 heavy (non-hydrogen) atoms. The van der Waals surface area contributed by atoms with E-state index in [0.29, 0.717) is 6.42 Å². The summed E-state index contributed by atoms with van der Waals surface area (Å²) in [5.41, 5.74) is 4.84. The Bertz CT molecular complexity index is 517. The van der Waals surface area contributed by atoms with Gasteiger partial charge in [-0.15, -0.1) is 0 Å². The van der Waals surface area contributed by atoms with E-state index in [-0.39, 0.29) is 5.57 Å². The Morgan fingerprint density at radius 1 is 1.00 bits per heavy atom. The highest BCUT2D eigenvalue weighted by molar-refractivity contribution is 6.15. The van der Waals surface area contributed by atoms with Crippen LogP contribution >= 0.6 is 0 Å². The molecular formula is C16H20O4. The minimum Gasteiger partial charge on any atom is -0.465 e. The first-order valence-electron chi connectivity index (χ1n) is 6.87. The van der Waals surface area contributed by atoms with Gasteiger partial charge < -0.3 is 9.47 Å². The van der Waals surface area contributed by atoms with Crippen LogP contribution in [0, 0.1) is 0 Å². The number of methoxy groups -OCH3 is 2. The lowest BCUT2D eigenvalue weighted by Crippen LogP contribution is -2.19. The molecule has 4 heteroatoms. The zero-order chi connectivity index (χ0) is 14.7. The lowest BCUT2D eigenvalue weighted by atomic mass is 9.79. The van der Waals surface area contributed by atoms with Crippen LogP contribution in [-0.4, -0.2) is 26.2 Å². The standard InChI is InChI=1S/C16H20O4/c1-10-5-4-6-11-9-12(7-8-13(10)11)14(15(17)19-2)16(18)20-3/h9H,4-8H2,1-3H3. The molecular weight excluding hydrogens is 256 g/mol. The summed E-state index contributed by atoms with van der Waals surface area (Å²) >= 11 is 0. The van der Waals surface area contributed by atoms with Crippen molar-refractivity contribution in [1.82, 2.24) is 0 Å². The van der Waals surface area contributed by atoms with Gasteiger partial charge in [0.25, 0.3) is 0 Å². The lowest BCUT2D eigenvalue weighted by Gasteiger charge is -2.26. The molecule has 2 aliphatic rings. The molecule has 0 amide bonds. The van der Waals surface area contributed by atoms with Gasteiger partial charge >= 0.3 is 11.9 Å². The maximum Gasteiger partial charge on any atom is 0.345 e. The monoisotopic (exact) mass is 276 g/mol. The summed E-state index contributed by atoms with van der Waals surface area (Å²) < 4.78 is 9.41. The summed E-state index contributed by atoms with van der Waals surface area (Å²) in [5.74, 6) is -1.24. The Labute approximate surface area is 119 Å². The molecule has 0 heterocycles. The van der Waals surface area contributed by atoms with Crippen molar-refractivity contribution in [3.05, 3.63) is 33.9 Å². The predicted molar refractivity (Wildman–Crippen MR) is 74.9 cm³/mol. The molecule has 0 N–H and O–H groups in total. The van der Waals surface area contributed by atoms with Gasteiger partial charge in [0.15, 0.2) is 0 Å². The Morgan fingerprint density at radius 2 is 1.65 bits per heavy atom. The van der Waals surface area contributed by atoms with Gasteiger partial charge in [0.2, 0.25) is 0 Å². The smallest absolute Gasteiger partial charge is 0.345 e. The summed E-state index contributed by atoms with van der Waals surface area (Å²) in [6.45, 7) is 2.17. The quantitative estimate of drug-likeness (QED) is 0.337. The molecule has 2 aliphatic carbocycles. The minimum absolute atomic E-state index is 0.0322. The fourth-order valence-electron chi connectivity index (χ4n) is 2.94. The first kappa shape index (κ1) is 14.6. The number of carbonyl (C=O) groups excluding carboxylic acids is 2. The van der Waals surface area contributed by atoms with Crippen LogP contribution in [0.25, 0.3) is 0 Å². The summed E-state index contributed by atoms with van der Waals surface area (Å²) in [6, 6.07) is 0. The van der Waals surface area contributed by atoms with E-state index in [1.807, 2.05) is 6.08 Å². The van der Waals surface area contributed by atoms with Crippen LogP contribution in [-0.2, 0) is 19.1 Å². The predicted octanol–water partition coefficient (Wildman–Crippen LogP) is 2.85. The molecule has 108 valence electrons. The topological polar surface area (TPSA) is 52.6 Å². The molecule has 0 aliphatic heterocycles. The van der Waals surface area contributed by atoms with Crippen molar-refractivity contribution in [3.8, 4) is 0 Å². The number of ether oxygens (including phenoxy) is 2. The van der Waals surface area contributed by atoms with Crippen LogP contribution in [0.4, 0.5) is 0 Å². The van der Waals surface area contributed by atoms with E-state index in [1.54, 1.807) is 0 Å². The van der Waals surface area contributed by atoms with Crippen LogP contribution in [0.1, 0.15) is 39.0 Å². The van der Waals surface area contributed by atoms with Gasteiger partial charge in [-0.05, 0) is 55.7 Å². The SMILES string of the molecule is COC(=O)C(C(=O)OC)=C1C=C2CCCC(C)=C2CC1. The number of allylic oxidation sites excluding steroid dienone is 5. The first-order chi connectivity index (χ1) is 9.58. The number of rotatable bonds is 2. The summed E-state index contributed by atoms with van der Waals surface area (Å²) in [6.07, 6.45) is 6.81. The highest BCUT2D eigenvalue weighted by Crippen LogP contribution is 2.38. The molecule has 2 rings (SSSR count). The number of carbonyl (C=O) groups is 2. The summed E-state index contributed by atoms with van der Waals surface area (Å²) in [5, 5.41) is 0. The molecule has 0 aromatic heterocycles. The van der Waals surface area contributed by atoms with Gasteiger partial charge in [-0.2, -0.15) is 0 Å². The van der Waals surface area contributed by atoms with E-state index in [2.05, 4.69) is 6.92 Å². The van der Waals surface area contributed by atoms with Crippen LogP contribution in [0.15, 0.2) is 33.9 Å². The van der Waals surface area contributed by atoms with Crippen LogP contribution in [0.2, 0.25) is 0 Å². The van der Waals surface area contributed by atoms with Crippen molar-refractivity contribution in [2.24, 2.45) is 0 Å². The number of fused-ring (bicyclic) bond motifs is 1. The third kappa shape index (κ3) is 2.69. The number of esters is 2. The molecule has 0 aromatic rings. The third-order valence-electron chi connectivity index (χ3n) is 3.99. The van der Waals surface area contributed by atoms with Crippen molar-refractivity contribution >= 4 is 11.9 Å². The van der Waals surface area contributed by atoms with Crippen LogP contribution < -0.4 is 0 Å². The Morgan fingerprint density at radius 3 is 2.25 bits per heavy atom. The van der Waals surface area contributed by atoms with E-state index < -0.39 is 11.9 Å². The van der Waals surface area contributed by atoms with E-state index in [0.717, 1.165) is 31.3 Å². The molecule has 0 unspecified atom stereocenters. The third-order valence-corrected chi connectivity index (χ3v) is 3.99. The second kappa shape index (κ2) is 6.07. The second-order valence-electron chi connectivity index (χ2n) is 5.17. The summed E-state index contributed by atoms with van der Waals surface area (Å²) in [7, 11) is 2.55. The van der Waals surface area contributed by atoms with Gasteiger partial charge in [-0.25, -0.2) is 9.59 Å². The molecule has 0 bridgehead atoms. The highest BCUT2D eigenvalue weighted by Gasteiger charge is 2.27. The second-order valence-corrected chi connectivity index (χ2v) is 5.17. The molecule has 0 atom stereocenters. The van der Waals surface area contributed by atoms with E-state index in [4.69, 9.17) is 9.47 Å². The maximum absolute atomic E-state index is 11.8. The van der Waals surface area contributed by atoms with Gasteiger partial charge in [-0.1, -0.05) is 11.6 Å². The molecule has 0 aromatic carbocycles. The highest BCUT2D eigenvalue weighted by atomic mass is 16.5.